The zero-order chi connectivity index (χ0) is 19.0. The number of halogens is 1. The third-order valence-corrected chi connectivity index (χ3v) is 4.13. The number of unbranched alkanes of at least 4 members (excludes halogenated alkanes) is 8. The minimum Gasteiger partial charge on any atom is -0.463 e. The fourth-order valence-electron chi connectivity index (χ4n) is 2.42. The van der Waals surface area contributed by atoms with E-state index in [0.717, 1.165) is 25.0 Å². The van der Waals surface area contributed by atoms with Gasteiger partial charge < -0.3 is 9.47 Å². The summed E-state index contributed by atoms with van der Waals surface area (Å²) in [6.45, 7) is 2.60. The van der Waals surface area contributed by atoms with Gasteiger partial charge in [0.25, 0.3) is 0 Å². The number of benzene rings is 1. The van der Waals surface area contributed by atoms with Gasteiger partial charge in [0.1, 0.15) is 5.75 Å². The Balaban J connectivity index is 2.04. The van der Waals surface area contributed by atoms with Crippen molar-refractivity contribution in [2.45, 2.75) is 64.7 Å². The summed E-state index contributed by atoms with van der Waals surface area (Å²) in [6, 6.07) is 6.40. The average molecular weight is 381 g/mol. The molecule has 0 amide bonds. The molecule has 0 heterocycles. The maximum atomic E-state index is 11.6. The fraction of sp³-hybridized carbons (Fsp3) is 0.524. The molecule has 1 rings (SSSR count). The van der Waals surface area contributed by atoms with Crippen LogP contribution in [0.1, 0.15) is 64.7 Å². The first kappa shape index (κ1) is 22.2. The SMILES string of the molecule is CCCCCCCCCCCOC(=O)/C=C/C(=O)Oc1ccc(Cl)cc1. The molecule has 0 saturated carbocycles. The molecule has 0 atom stereocenters. The summed E-state index contributed by atoms with van der Waals surface area (Å²) in [5.74, 6) is -0.794. The van der Waals surface area contributed by atoms with Crippen LogP contribution in [0.2, 0.25) is 5.02 Å². The average Bonchev–Trinajstić information content (AvgIpc) is 2.63. The van der Waals surface area contributed by atoms with Crippen LogP contribution in [0.15, 0.2) is 36.4 Å². The van der Waals surface area contributed by atoms with Crippen molar-refractivity contribution in [2.24, 2.45) is 0 Å². The highest BCUT2D eigenvalue weighted by atomic mass is 35.5. The second-order valence-corrected chi connectivity index (χ2v) is 6.64. The van der Waals surface area contributed by atoms with Crippen molar-refractivity contribution in [1.29, 1.82) is 0 Å². The Bertz CT molecular complexity index is 552. The van der Waals surface area contributed by atoms with Gasteiger partial charge in [-0.2, -0.15) is 0 Å². The summed E-state index contributed by atoms with van der Waals surface area (Å²) in [5, 5.41) is 0.556. The predicted molar refractivity (Wildman–Crippen MR) is 104 cm³/mol. The zero-order valence-corrected chi connectivity index (χ0v) is 16.3. The van der Waals surface area contributed by atoms with E-state index in [4.69, 9.17) is 21.1 Å². The van der Waals surface area contributed by atoms with Gasteiger partial charge in [-0.25, -0.2) is 9.59 Å². The molecule has 1 aromatic carbocycles. The van der Waals surface area contributed by atoms with E-state index in [0.29, 0.717) is 17.4 Å². The summed E-state index contributed by atoms with van der Waals surface area (Å²) in [5.41, 5.74) is 0. The molecule has 0 spiro atoms. The van der Waals surface area contributed by atoms with Crippen LogP contribution < -0.4 is 4.74 Å². The number of carbonyl (C=O) groups is 2. The topological polar surface area (TPSA) is 52.6 Å². The standard InChI is InChI=1S/C21H29ClO4/c1-2-3-4-5-6-7-8-9-10-17-25-20(23)15-16-21(24)26-19-13-11-18(22)12-14-19/h11-16H,2-10,17H2,1H3/b16-15+. The second-order valence-electron chi connectivity index (χ2n) is 6.20. The molecule has 5 heteroatoms. The summed E-state index contributed by atoms with van der Waals surface area (Å²) in [6.07, 6.45) is 13.0. The summed E-state index contributed by atoms with van der Waals surface area (Å²) in [7, 11) is 0. The van der Waals surface area contributed by atoms with E-state index in [1.165, 1.54) is 44.9 Å². The van der Waals surface area contributed by atoms with Gasteiger partial charge in [0, 0.05) is 17.2 Å². The first-order valence-electron chi connectivity index (χ1n) is 9.44. The van der Waals surface area contributed by atoms with Crippen LogP contribution >= 0.6 is 11.6 Å². The quantitative estimate of drug-likeness (QED) is 0.186. The van der Waals surface area contributed by atoms with E-state index in [9.17, 15) is 9.59 Å². The van der Waals surface area contributed by atoms with Crippen molar-refractivity contribution in [1.82, 2.24) is 0 Å². The normalized spacial score (nSPS) is 10.8. The first-order valence-corrected chi connectivity index (χ1v) is 9.82. The number of hydrogen-bond donors (Lipinski definition) is 0. The lowest BCUT2D eigenvalue weighted by Gasteiger charge is -2.03. The highest BCUT2D eigenvalue weighted by molar-refractivity contribution is 6.30. The van der Waals surface area contributed by atoms with E-state index in [-0.39, 0.29) is 0 Å². The second kappa shape index (κ2) is 14.4. The summed E-state index contributed by atoms with van der Waals surface area (Å²) < 4.78 is 10.1. The van der Waals surface area contributed by atoms with Gasteiger partial charge >= 0.3 is 11.9 Å². The van der Waals surface area contributed by atoms with Crippen molar-refractivity contribution in [3.8, 4) is 5.75 Å². The molecule has 0 aliphatic rings. The number of esters is 2. The van der Waals surface area contributed by atoms with Crippen LogP contribution in [-0.2, 0) is 14.3 Å². The number of ether oxygens (including phenoxy) is 2. The molecule has 0 radical (unpaired) electrons. The van der Waals surface area contributed by atoms with Crippen molar-refractivity contribution >= 4 is 23.5 Å². The number of hydrogen-bond acceptors (Lipinski definition) is 4. The lowest BCUT2D eigenvalue weighted by molar-refractivity contribution is -0.138. The van der Waals surface area contributed by atoms with E-state index in [2.05, 4.69) is 6.92 Å². The Morgan fingerprint density at radius 1 is 0.846 bits per heavy atom. The maximum absolute atomic E-state index is 11.6. The molecule has 26 heavy (non-hydrogen) atoms. The smallest absolute Gasteiger partial charge is 0.336 e. The van der Waals surface area contributed by atoms with Gasteiger partial charge in [-0.05, 0) is 30.7 Å². The molecule has 1 aromatic rings. The summed E-state index contributed by atoms with van der Waals surface area (Å²) in [4.78, 5) is 23.1. The Morgan fingerprint density at radius 3 is 2.00 bits per heavy atom. The molecular weight excluding hydrogens is 352 g/mol. The highest BCUT2D eigenvalue weighted by Crippen LogP contribution is 2.15. The molecule has 0 aliphatic heterocycles. The maximum Gasteiger partial charge on any atom is 0.336 e. The Hall–Kier alpha value is -1.81. The van der Waals surface area contributed by atoms with Gasteiger partial charge in [-0.1, -0.05) is 69.9 Å². The molecule has 0 aromatic heterocycles. The van der Waals surface area contributed by atoms with Crippen LogP contribution in [0.25, 0.3) is 0 Å². The number of rotatable bonds is 13. The Labute approximate surface area is 161 Å². The van der Waals surface area contributed by atoms with Crippen LogP contribution in [0.4, 0.5) is 0 Å². The lowest BCUT2D eigenvalue weighted by atomic mass is 10.1. The van der Waals surface area contributed by atoms with Gasteiger partial charge in [-0.15, -0.1) is 0 Å². The minimum absolute atomic E-state index is 0.368. The highest BCUT2D eigenvalue weighted by Gasteiger charge is 2.03. The van der Waals surface area contributed by atoms with Crippen molar-refractivity contribution in [2.75, 3.05) is 6.61 Å². The largest absolute Gasteiger partial charge is 0.463 e. The van der Waals surface area contributed by atoms with Crippen molar-refractivity contribution < 1.29 is 19.1 Å². The Morgan fingerprint density at radius 2 is 1.38 bits per heavy atom. The van der Waals surface area contributed by atoms with Crippen LogP contribution in [0.5, 0.6) is 5.75 Å². The fourth-order valence-corrected chi connectivity index (χ4v) is 2.55. The van der Waals surface area contributed by atoms with Crippen molar-refractivity contribution in [3.63, 3.8) is 0 Å². The predicted octanol–water partition coefficient (Wildman–Crippen LogP) is 5.88. The molecule has 0 aliphatic carbocycles. The van der Waals surface area contributed by atoms with Gasteiger partial charge in [-0.3, -0.25) is 0 Å². The molecule has 0 saturated heterocycles. The molecule has 144 valence electrons. The van der Waals surface area contributed by atoms with Gasteiger partial charge in [0.05, 0.1) is 6.61 Å². The zero-order valence-electron chi connectivity index (χ0n) is 15.5. The van der Waals surface area contributed by atoms with Crippen LogP contribution in [0.3, 0.4) is 0 Å². The van der Waals surface area contributed by atoms with E-state index >= 15 is 0 Å². The van der Waals surface area contributed by atoms with Gasteiger partial charge in [0.2, 0.25) is 0 Å². The van der Waals surface area contributed by atoms with E-state index in [1.807, 2.05) is 0 Å². The first-order chi connectivity index (χ1) is 12.6. The van der Waals surface area contributed by atoms with E-state index < -0.39 is 11.9 Å². The molecule has 0 bridgehead atoms. The number of carbonyl (C=O) groups excluding carboxylic acids is 2. The third kappa shape index (κ3) is 11.7. The Kier molecular flexibility index (Phi) is 12.3. The molecule has 0 N–H and O–H groups in total. The molecular formula is C21H29ClO4. The monoisotopic (exact) mass is 380 g/mol. The molecule has 4 nitrogen and oxygen atoms in total. The van der Waals surface area contributed by atoms with E-state index in [1.54, 1.807) is 24.3 Å². The van der Waals surface area contributed by atoms with Crippen LogP contribution in [-0.4, -0.2) is 18.5 Å². The molecule has 0 fully saturated rings. The molecule has 0 unspecified atom stereocenters. The van der Waals surface area contributed by atoms with Gasteiger partial charge in [0.15, 0.2) is 0 Å². The third-order valence-electron chi connectivity index (χ3n) is 3.88. The van der Waals surface area contributed by atoms with Crippen molar-refractivity contribution in [3.05, 3.63) is 41.4 Å². The minimum atomic E-state index is -0.632. The van der Waals surface area contributed by atoms with Crippen LogP contribution in [0, 0.1) is 0 Å². The summed E-state index contributed by atoms with van der Waals surface area (Å²) >= 11 is 5.75. The lowest BCUT2D eigenvalue weighted by Crippen LogP contribution is -2.07.